The van der Waals surface area contributed by atoms with Crippen LogP contribution in [0.2, 0.25) is 0 Å². The fourth-order valence-corrected chi connectivity index (χ4v) is 3.87. The maximum absolute atomic E-state index is 13.0. The number of fused-ring (bicyclic) bond motifs is 1. The van der Waals surface area contributed by atoms with E-state index in [1.165, 1.54) is 11.8 Å². The molecule has 0 unspecified atom stereocenters. The molecule has 0 atom stereocenters. The van der Waals surface area contributed by atoms with Gasteiger partial charge in [-0.3, -0.25) is 9.89 Å². The summed E-state index contributed by atoms with van der Waals surface area (Å²) in [5, 5.41) is 11.1. The summed E-state index contributed by atoms with van der Waals surface area (Å²) in [5.41, 5.74) is 3.55. The summed E-state index contributed by atoms with van der Waals surface area (Å²) < 4.78 is 0. The number of aromatic amines is 1. The highest BCUT2D eigenvalue weighted by Gasteiger charge is 2.28. The van der Waals surface area contributed by atoms with Crippen LogP contribution in [0.25, 0.3) is 0 Å². The molecule has 0 radical (unpaired) electrons. The lowest BCUT2D eigenvalue weighted by atomic mass is 9.83. The van der Waals surface area contributed by atoms with Gasteiger partial charge >= 0.3 is 0 Å². The molecule has 0 spiro atoms. The first-order valence-electron chi connectivity index (χ1n) is 9.46. The number of nitrogens with one attached hydrogen (secondary N) is 2. The molecule has 4 rings (SSSR count). The minimum Gasteiger partial charge on any atom is -0.346 e. The average molecular weight is 409 g/mol. The number of carbonyl (C=O) groups is 1. The number of carbonyl (C=O) groups excluding carboxylic acids is 1. The predicted octanol–water partition coefficient (Wildman–Crippen LogP) is 3.99. The number of aromatic nitrogens is 4. The van der Waals surface area contributed by atoms with Crippen molar-refractivity contribution in [2.75, 3.05) is 16.5 Å². The second-order valence-corrected chi connectivity index (χ2v) is 8.81. The highest BCUT2D eigenvalue weighted by atomic mass is 32.2. The first-order chi connectivity index (χ1) is 13.9. The molecule has 0 saturated carbocycles. The number of anilines is 2. The summed E-state index contributed by atoms with van der Waals surface area (Å²) >= 11 is 1.51. The van der Waals surface area contributed by atoms with Gasteiger partial charge in [-0.1, -0.05) is 50.7 Å². The van der Waals surface area contributed by atoms with E-state index in [0.29, 0.717) is 24.5 Å². The fraction of sp³-hybridized carbons (Fsp3) is 0.333. The third-order valence-electron chi connectivity index (χ3n) is 4.99. The minimum absolute atomic E-state index is 0.125. The first kappa shape index (κ1) is 19.4. The van der Waals surface area contributed by atoms with Crippen LogP contribution in [-0.2, 0) is 18.5 Å². The van der Waals surface area contributed by atoms with Gasteiger partial charge in [0.2, 0.25) is 0 Å². The normalized spacial score (nSPS) is 13.4. The molecule has 2 aromatic heterocycles. The van der Waals surface area contributed by atoms with Crippen LogP contribution in [0.5, 0.6) is 0 Å². The molecular weight excluding hydrogens is 384 g/mol. The highest BCUT2D eigenvalue weighted by Crippen LogP contribution is 2.31. The molecule has 1 aliphatic heterocycles. The predicted molar refractivity (Wildman–Crippen MR) is 115 cm³/mol. The van der Waals surface area contributed by atoms with Crippen LogP contribution >= 0.6 is 11.8 Å². The largest absolute Gasteiger partial charge is 0.346 e. The summed E-state index contributed by atoms with van der Waals surface area (Å²) in [6, 6.07) is 9.62. The van der Waals surface area contributed by atoms with Crippen LogP contribution in [0.1, 0.15) is 48.0 Å². The number of nitrogens with zero attached hydrogens (tertiary/aromatic N) is 4. The number of H-pyrrole nitrogens is 1. The quantitative estimate of drug-likeness (QED) is 0.501. The lowest BCUT2D eigenvalue weighted by Crippen LogP contribution is -2.22. The molecule has 0 bridgehead atoms. The Kier molecular flexibility index (Phi) is 5.04. The number of hydrogen-bond donors (Lipinski definition) is 2. The molecular formula is C21H24N6OS. The summed E-state index contributed by atoms with van der Waals surface area (Å²) in [5.74, 6) is 1.30. The maximum atomic E-state index is 13.0. The Labute approximate surface area is 174 Å². The van der Waals surface area contributed by atoms with Gasteiger partial charge in [0.1, 0.15) is 5.82 Å². The maximum Gasteiger partial charge on any atom is 0.257 e. The Hall–Kier alpha value is -2.87. The molecule has 3 heterocycles. The summed E-state index contributed by atoms with van der Waals surface area (Å²) in [4.78, 5) is 24.0. The van der Waals surface area contributed by atoms with E-state index in [0.717, 1.165) is 27.8 Å². The van der Waals surface area contributed by atoms with Crippen LogP contribution in [-0.4, -0.2) is 32.3 Å². The molecule has 29 heavy (non-hydrogen) atoms. The second-order valence-electron chi connectivity index (χ2n) is 8.04. The number of benzene rings is 1. The lowest BCUT2D eigenvalue weighted by Gasteiger charge is -2.22. The van der Waals surface area contributed by atoms with E-state index in [9.17, 15) is 4.79 Å². The van der Waals surface area contributed by atoms with Crippen molar-refractivity contribution in [2.24, 2.45) is 0 Å². The zero-order chi connectivity index (χ0) is 20.6. The summed E-state index contributed by atoms with van der Waals surface area (Å²) in [7, 11) is 0. The van der Waals surface area contributed by atoms with Gasteiger partial charge in [-0.15, -0.1) is 0 Å². The van der Waals surface area contributed by atoms with E-state index in [1.807, 2.05) is 36.6 Å². The van der Waals surface area contributed by atoms with E-state index in [2.05, 4.69) is 51.2 Å². The van der Waals surface area contributed by atoms with E-state index in [4.69, 9.17) is 0 Å². The van der Waals surface area contributed by atoms with Crippen molar-refractivity contribution in [3.8, 4) is 0 Å². The minimum atomic E-state index is -0.144. The topological polar surface area (TPSA) is 86.8 Å². The van der Waals surface area contributed by atoms with E-state index in [1.54, 1.807) is 6.20 Å². The van der Waals surface area contributed by atoms with Gasteiger partial charge < -0.3 is 10.2 Å². The molecule has 7 nitrogen and oxygen atoms in total. The van der Waals surface area contributed by atoms with Crippen molar-refractivity contribution >= 4 is 29.3 Å². The van der Waals surface area contributed by atoms with Crippen LogP contribution < -0.4 is 10.2 Å². The fourth-order valence-electron chi connectivity index (χ4n) is 3.52. The first-order valence-corrected chi connectivity index (χ1v) is 10.7. The SMILES string of the molecule is CSc1nccc(N2Cc3[nH]nc(NC(=O)c4ccccc4C(C)(C)C)c3C2)n1. The van der Waals surface area contributed by atoms with Gasteiger partial charge in [-0.05, 0) is 29.4 Å². The van der Waals surface area contributed by atoms with Gasteiger partial charge in [0.15, 0.2) is 11.0 Å². The third-order valence-corrected chi connectivity index (χ3v) is 5.55. The van der Waals surface area contributed by atoms with Gasteiger partial charge in [-0.2, -0.15) is 5.10 Å². The molecule has 1 aromatic carbocycles. The molecule has 0 aliphatic carbocycles. The molecule has 150 valence electrons. The van der Waals surface area contributed by atoms with Crippen molar-refractivity contribution < 1.29 is 4.79 Å². The van der Waals surface area contributed by atoms with Crippen molar-refractivity contribution in [3.05, 3.63) is 58.9 Å². The molecule has 3 aromatic rings. The molecule has 0 saturated heterocycles. The Morgan fingerprint density at radius 3 is 2.76 bits per heavy atom. The Bertz CT molecular complexity index is 1060. The second kappa shape index (κ2) is 7.51. The van der Waals surface area contributed by atoms with Gasteiger partial charge in [-0.25, -0.2) is 9.97 Å². The van der Waals surface area contributed by atoms with Crippen LogP contribution in [0.4, 0.5) is 11.6 Å². The van der Waals surface area contributed by atoms with Crippen LogP contribution in [0, 0.1) is 0 Å². The molecule has 2 N–H and O–H groups in total. The third kappa shape index (κ3) is 3.85. The Morgan fingerprint density at radius 1 is 1.21 bits per heavy atom. The Balaban J connectivity index is 1.55. The zero-order valence-corrected chi connectivity index (χ0v) is 17.8. The number of rotatable bonds is 4. The molecule has 1 amide bonds. The van der Waals surface area contributed by atoms with E-state index < -0.39 is 0 Å². The number of amides is 1. The lowest BCUT2D eigenvalue weighted by molar-refractivity contribution is 0.102. The van der Waals surface area contributed by atoms with Crippen molar-refractivity contribution in [2.45, 2.75) is 44.4 Å². The average Bonchev–Trinajstić information content (AvgIpc) is 3.29. The smallest absolute Gasteiger partial charge is 0.257 e. The van der Waals surface area contributed by atoms with Crippen molar-refractivity contribution in [1.82, 2.24) is 20.2 Å². The molecule has 8 heteroatoms. The standard InChI is InChI=1S/C21H24N6OS/c1-21(2,3)15-8-6-5-7-13(15)19(28)24-18-14-11-27(12-16(14)25-26-18)17-9-10-22-20(23-17)29-4/h5-10H,11-12H2,1-4H3,(H2,24,25,26,28). The van der Waals surface area contributed by atoms with Gasteiger partial charge in [0.05, 0.1) is 18.8 Å². The van der Waals surface area contributed by atoms with Gasteiger partial charge in [0, 0.05) is 17.3 Å². The monoisotopic (exact) mass is 408 g/mol. The molecule has 0 fully saturated rings. The number of hydrogen-bond acceptors (Lipinski definition) is 6. The van der Waals surface area contributed by atoms with E-state index in [-0.39, 0.29) is 11.3 Å². The Morgan fingerprint density at radius 2 is 2.00 bits per heavy atom. The summed E-state index contributed by atoms with van der Waals surface area (Å²) in [6.45, 7) is 7.62. The molecule has 1 aliphatic rings. The highest BCUT2D eigenvalue weighted by molar-refractivity contribution is 7.98. The van der Waals surface area contributed by atoms with Crippen molar-refractivity contribution in [1.29, 1.82) is 0 Å². The van der Waals surface area contributed by atoms with Crippen LogP contribution in [0.3, 0.4) is 0 Å². The zero-order valence-electron chi connectivity index (χ0n) is 17.0. The number of thioether (sulfide) groups is 1. The van der Waals surface area contributed by atoms with Crippen molar-refractivity contribution in [3.63, 3.8) is 0 Å². The van der Waals surface area contributed by atoms with Gasteiger partial charge in [0.25, 0.3) is 5.91 Å². The van der Waals surface area contributed by atoms with Crippen LogP contribution in [0.15, 0.2) is 41.7 Å². The summed E-state index contributed by atoms with van der Waals surface area (Å²) in [6.07, 6.45) is 3.73. The van der Waals surface area contributed by atoms with E-state index >= 15 is 0 Å².